The zero-order chi connectivity index (χ0) is 13.6. The summed E-state index contributed by atoms with van der Waals surface area (Å²) >= 11 is 6.12. The van der Waals surface area contributed by atoms with Gasteiger partial charge in [0.05, 0.1) is 16.7 Å². The Bertz CT molecular complexity index is 780. The van der Waals surface area contributed by atoms with E-state index in [9.17, 15) is 4.39 Å². The highest BCUT2D eigenvalue weighted by molar-refractivity contribution is 6.31. The van der Waals surface area contributed by atoms with E-state index in [2.05, 4.69) is 4.98 Å². The Balaban J connectivity index is 2.31. The van der Waals surface area contributed by atoms with E-state index in [4.69, 9.17) is 17.3 Å². The summed E-state index contributed by atoms with van der Waals surface area (Å²) in [5.74, 6) is -0.0209. The number of fused-ring (bicyclic) bond motifs is 1. The van der Waals surface area contributed by atoms with Crippen LogP contribution in [0.3, 0.4) is 0 Å². The van der Waals surface area contributed by atoms with E-state index in [1.807, 2.05) is 19.1 Å². The van der Waals surface area contributed by atoms with E-state index in [1.54, 1.807) is 16.7 Å². The van der Waals surface area contributed by atoms with E-state index in [0.717, 1.165) is 11.3 Å². The minimum Gasteiger partial charge on any atom is -0.369 e. The maximum Gasteiger partial charge on any atom is 0.205 e. The summed E-state index contributed by atoms with van der Waals surface area (Å²) in [6.07, 6.45) is 0. The highest BCUT2D eigenvalue weighted by Gasteiger charge is 2.11. The summed E-state index contributed by atoms with van der Waals surface area (Å²) in [5, 5.41) is 0.634. The van der Waals surface area contributed by atoms with Gasteiger partial charge in [0.25, 0.3) is 0 Å². The normalized spacial score (nSPS) is 11.1. The molecule has 0 aliphatic heterocycles. The number of aryl methyl sites for hydroxylation is 1. The number of aromatic nitrogens is 2. The topological polar surface area (TPSA) is 43.8 Å². The molecule has 0 spiro atoms. The molecule has 0 fully saturated rings. The fourth-order valence-electron chi connectivity index (χ4n) is 2.06. The molecule has 19 heavy (non-hydrogen) atoms. The third kappa shape index (κ3) is 1.94. The summed E-state index contributed by atoms with van der Waals surface area (Å²) in [6, 6.07) is 9.94. The quantitative estimate of drug-likeness (QED) is 0.736. The zero-order valence-electron chi connectivity index (χ0n) is 10.2. The average Bonchev–Trinajstić information content (AvgIpc) is 2.68. The highest BCUT2D eigenvalue weighted by Crippen LogP contribution is 2.26. The van der Waals surface area contributed by atoms with Gasteiger partial charge in [0.15, 0.2) is 0 Å². The van der Waals surface area contributed by atoms with Crippen molar-refractivity contribution in [2.75, 3.05) is 5.73 Å². The largest absolute Gasteiger partial charge is 0.369 e. The van der Waals surface area contributed by atoms with Crippen LogP contribution in [-0.2, 0) is 0 Å². The van der Waals surface area contributed by atoms with Crippen molar-refractivity contribution in [3.8, 4) is 5.69 Å². The number of nitrogen functional groups attached to an aromatic ring is 1. The first-order chi connectivity index (χ1) is 9.06. The van der Waals surface area contributed by atoms with E-state index in [-0.39, 0.29) is 5.82 Å². The van der Waals surface area contributed by atoms with E-state index >= 15 is 0 Å². The highest BCUT2D eigenvalue weighted by atomic mass is 35.5. The van der Waals surface area contributed by atoms with Crippen LogP contribution in [0.5, 0.6) is 0 Å². The molecular formula is C14H11ClFN3. The standard InChI is InChI=1S/C14H11ClFN3/c1-8-2-4-10(7-11(8)15)19-13-6-9(16)3-5-12(13)18-14(19)17/h2-7H,1H3,(H2,17,18). The molecular weight excluding hydrogens is 265 g/mol. The Morgan fingerprint density at radius 3 is 2.74 bits per heavy atom. The van der Waals surface area contributed by atoms with Crippen LogP contribution in [0.2, 0.25) is 5.02 Å². The Labute approximate surface area is 114 Å². The number of hydrogen-bond acceptors (Lipinski definition) is 2. The van der Waals surface area contributed by atoms with Crippen LogP contribution < -0.4 is 5.73 Å². The summed E-state index contributed by atoms with van der Waals surface area (Å²) in [5.41, 5.74) is 8.92. The second-order valence-corrected chi connectivity index (χ2v) is 4.78. The molecule has 1 aromatic heterocycles. The molecule has 2 N–H and O–H groups in total. The van der Waals surface area contributed by atoms with Gasteiger partial charge in [0.1, 0.15) is 5.82 Å². The minimum absolute atomic E-state index is 0.306. The Morgan fingerprint density at radius 1 is 1.21 bits per heavy atom. The van der Waals surface area contributed by atoms with Crippen LogP contribution >= 0.6 is 11.6 Å². The molecule has 96 valence electrons. The fraction of sp³-hybridized carbons (Fsp3) is 0.0714. The summed E-state index contributed by atoms with van der Waals surface area (Å²) in [4.78, 5) is 4.21. The van der Waals surface area contributed by atoms with Gasteiger partial charge < -0.3 is 5.73 Å². The van der Waals surface area contributed by atoms with Crippen LogP contribution in [0.15, 0.2) is 36.4 Å². The molecule has 5 heteroatoms. The second-order valence-electron chi connectivity index (χ2n) is 4.37. The van der Waals surface area contributed by atoms with Gasteiger partial charge in [-0.3, -0.25) is 4.57 Å². The van der Waals surface area contributed by atoms with Gasteiger partial charge in [0.2, 0.25) is 5.95 Å². The third-order valence-corrected chi connectivity index (χ3v) is 3.46. The number of halogens is 2. The first-order valence-corrected chi connectivity index (χ1v) is 6.14. The number of hydrogen-bond donors (Lipinski definition) is 1. The first kappa shape index (κ1) is 12.0. The Kier molecular flexibility index (Phi) is 2.68. The molecule has 0 saturated heterocycles. The lowest BCUT2D eigenvalue weighted by molar-refractivity contribution is 0.629. The van der Waals surface area contributed by atoms with E-state index in [1.165, 1.54) is 12.1 Å². The predicted molar refractivity (Wildman–Crippen MR) is 75.2 cm³/mol. The van der Waals surface area contributed by atoms with Gasteiger partial charge in [-0.15, -0.1) is 0 Å². The number of anilines is 1. The first-order valence-electron chi connectivity index (χ1n) is 5.76. The molecule has 0 bridgehead atoms. The molecule has 3 rings (SSSR count). The van der Waals surface area contributed by atoms with Crippen LogP contribution in [-0.4, -0.2) is 9.55 Å². The lowest BCUT2D eigenvalue weighted by Gasteiger charge is -2.08. The molecule has 3 aromatic rings. The lowest BCUT2D eigenvalue weighted by Crippen LogP contribution is -2.00. The van der Waals surface area contributed by atoms with Gasteiger partial charge in [-0.05, 0) is 36.8 Å². The molecule has 0 aliphatic carbocycles. The van der Waals surface area contributed by atoms with E-state index in [0.29, 0.717) is 22.0 Å². The maximum absolute atomic E-state index is 13.4. The molecule has 0 atom stereocenters. The molecule has 0 saturated carbocycles. The second kappa shape index (κ2) is 4.24. The Morgan fingerprint density at radius 2 is 2.00 bits per heavy atom. The van der Waals surface area contributed by atoms with Crippen LogP contribution in [0.1, 0.15) is 5.56 Å². The van der Waals surface area contributed by atoms with Crippen molar-refractivity contribution in [1.82, 2.24) is 9.55 Å². The number of imidazole rings is 1. The van der Waals surface area contributed by atoms with Crippen molar-refractivity contribution in [3.05, 3.63) is 52.8 Å². The Hall–Kier alpha value is -2.07. The summed E-state index contributed by atoms with van der Waals surface area (Å²) < 4.78 is 15.1. The number of nitrogens with two attached hydrogens (primary N) is 1. The monoisotopic (exact) mass is 275 g/mol. The fourth-order valence-corrected chi connectivity index (χ4v) is 2.23. The lowest BCUT2D eigenvalue weighted by atomic mass is 10.2. The van der Waals surface area contributed by atoms with Crippen molar-refractivity contribution in [2.24, 2.45) is 0 Å². The molecule has 2 aromatic carbocycles. The van der Waals surface area contributed by atoms with Crippen molar-refractivity contribution < 1.29 is 4.39 Å². The maximum atomic E-state index is 13.4. The summed E-state index contributed by atoms with van der Waals surface area (Å²) in [6.45, 7) is 1.92. The molecule has 0 unspecified atom stereocenters. The van der Waals surface area contributed by atoms with Gasteiger partial charge in [0, 0.05) is 11.1 Å². The smallest absolute Gasteiger partial charge is 0.205 e. The van der Waals surface area contributed by atoms with Crippen LogP contribution in [0.4, 0.5) is 10.3 Å². The molecule has 1 heterocycles. The van der Waals surface area contributed by atoms with Crippen molar-refractivity contribution >= 4 is 28.6 Å². The average molecular weight is 276 g/mol. The molecule has 0 radical (unpaired) electrons. The van der Waals surface area contributed by atoms with Crippen molar-refractivity contribution in [2.45, 2.75) is 6.92 Å². The van der Waals surface area contributed by atoms with E-state index < -0.39 is 0 Å². The molecule has 3 nitrogen and oxygen atoms in total. The van der Waals surface area contributed by atoms with Gasteiger partial charge in [-0.2, -0.15) is 0 Å². The minimum atomic E-state index is -0.327. The number of rotatable bonds is 1. The third-order valence-electron chi connectivity index (χ3n) is 3.06. The van der Waals surface area contributed by atoms with Crippen molar-refractivity contribution in [3.63, 3.8) is 0 Å². The number of nitrogens with zero attached hydrogens (tertiary/aromatic N) is 2. The SMILES string of the molecule is Cc1ccc(-n2c(N)nc3ccc(F)cc32)cc1Cl. The van der Waals surface area contributed by atoms with Crippen molar-refractivity contribution in [1.29, 1.82) is 0 Å². The van der Waals surface area contributed by atoms with Crippen LogP contribution in [0.25, 0.3) is 16.7 Å². The van der Waals surface area contributed by atoms with Crippen LogP contribution in [0, 0.1) is 12.7 Å². The van der Waals surface area contributed by atoms with Gasteiger partial charge >= 0.3 is 0 Å². The summed E-state index contributed by atoms with van der Waals surface area (Å²) in [7, 11) is 0. The molecule has 0 amide bonds. The van der Waals surface area contributed by atoms with Gasteiger partial charge in [-0.25, -0.2) is 9.37 Å². The number of benzene rings is 2. The predicted octanol–water partition coefficient (Wildman–Crippen LogP) is 3.71. The molecule has 0 aliphatic rings. The van der Waals surface area contributed by atoms with Gasteiger partial charge in [-0.1, -0.05) is 17.7 Å². The zero-order valence-corrected chi connectivity index (χ0v) is 10.9.